The highest BCUT2D eigenvalue weighted by atomic mass is 19.1. The van der Waals surface area contributed by atoms with E-state index in [9.17, 15) is 9.90 Å². The lowest BCUT2D eigenvalue weighted by Crippen LogP contribution is -2.44. The number of aliphatic hydroxyl groups excluding tert-OH is 1. The third-order valence-electron chi connectivity index (χ3n) is 9.94. The number of piperidine rings is 1. The Hall–Kier alpha value is -4.97. The van der Waals surface area contributed by atoms with Gasteiger partial charge in [-0.1, -0.05) is 51.1 Å². The van der Waals surface area contributed by atoms with Crippen molar-refractivity contribution in [1.29, 1.82) is 0 Å². The van der Waals surface area contributed by atoms with Gasteiger partial charge in [0.2, 0.25) is 5.95 Å². The van der Waals surface area contributed by atoms with Crippen molar-refractivity contribution < 1.29 is 19.0 Å². The molecule has 2 aromatic carbocycles. The molecule has 5 aromatic rings. The predicted octanol–water partition coefficient (Wildman–Crippen LogP) is 7.39. The first-order valence-electron chi connectivity index (χ1n) is 17.5. The lowest BCUT2D eigenvalue weighted by Gasteiger charge is -2.39. The number of carbonyl (C=O) groups is 1. The molecule has 4 atom stereocenters. The van der Waals surface area contributed by atoms with Crippen molar-refractivity contribution in [3.8, 4) is 11.4 Å². The van der Waals surface area contributed by atoms with Crippen LogP contribution in [0.4, 0.5) is 21.0 Å². The molecule has 3 N–H and O–H groups in total. The number of rotatable bonds is 7. The SMILES string of the molecule is C[C@@H]1CCC[C@H](C)N1c1nnc2ccc(O[C@@H]3CC[C@H](NC(=O)Nc4cc(C(C)(C)C)nn4-c4cc(CO)ccc4F)c4ccccc43)cn12. The van der Waals surface area contributed by atoms with E-state index in [1.165, 1.54) is 29.3 Å². The van der Waals surface area contributed by atoms with Gasteiger partial charge in [0, 0.05) is 23.6 Å². The highest BCUT2D eigenvalue weighted by molar-refractivity contribution is 5.89. The molecular formula is C38H45FN8O3. The summed E-state index contributed by atoms with van der Waals surface area (Å²) in [6, 6.07) is 18.0. The van der Waals surface area contributed by atoms with Gasteiger partial charge in [-0.2, -0.15) is 5.10 Å². The second kappa shape index (κ2) is 13.4. The molecule has 12 heteroatoms. The van der Waals surface area contributed by atoms with E-state index in [0.717, 1.165) is 41.3 Å². The number of aromatic nitrogens is 5. The molecule has 1 aliphatic carbocycles. The fourth-order valence-corrected chi connectivity index (χ4v) is 7.26. The maximum atomic E-state index is 15.0. The van der Waals surface area contributed by atoms with Crippen molar-refractivity contribution >= 4 is 23.4 Å². The number of ether oxygens (including phenoxy) is 1. The van der Waals surface area contributed by atoms with E-state index in [0.29, 0.717) is 42.0 Å². The van der Waals surface area contributed by atoms with Gasteiger partial charge in [0.25, 0.3) is 0 Å². The minimum atomic E-state index is -0.517. The average Bonchev–Trinajstić information content (AvgIpc) is 3.70. The topological polar surface area (TPSA) is 122 Å². The van der Waals surface area contributed by atoms with Crippen LogP contribution in [-0.4, -0.2) is 47.6 Å². The number of halogens is 1. The number of nitrogens with zero attached hydrogens (tertiary/aromatic N) is 6. The Balaban J connectivity index is 1.10. The average molecular weight is 681 g/mol. The van der Waals surface area contributed by atoms with Gasteiger partial charge in [-0.25, -0.2) is 13.9 Å². The molecule has 3 aromatic heterocycles. The zero-order valence-corrected chi connectivity index (χ0v) is 29.2. The van der Waals surface area contributed by atoms with Crippen molar-refractivity contribution in [1.82, 2.24) is 29.7 Å². The molecule has 0 saturated carbocycles. The highest BCUT2D eigenvalue weighted by Crippen LogP contribution is 2.39. The highest BCUT2D eigenvalue weighted by Gasteiger charge is 2.32. The van der Waals surface area contributed by atoms with Gasteiger partial charge in [-0.3, -0.25) is 9.72 Å². The van der Waals surface area contributed by atoms with E-state index in [1.54, 1.807) is 6.07 Å². The molecule has 11 nitrogen and oxygen atoms in total. The predicted molar refractivity (Wildman–Crippen MR) is 190 cm³/mol. The third kappa shape index (κ3) is 6.51. The van der Waals surface area contributed by atoms with E-state index in [2.05, 4.69) is 44.7 Å². The molecule has 2 aliphatic rings. The fourth-order valence-electron chi connectivity index (χ4n) is 7.26. The van der Waals surface area contributed by atoms with Crippen LogP contribution in [0.25, 0.3) is 11.3 Å². The largest absolute Gasteiger partial charge is 0.484 e. The number of nitrogens with one attached hydrogen (secondary N) is 2. The molecule has 0 spiro atoms. The van der Waals surface area contributed by atoms with Gasteiger partial charge in [-0.05, 0) is 86.9 Å². The molecular weight excluding hydrogens is 635 g/mol. The maximum absolute atomic E-state index is 15.0. The zero-order chi connectivity index (χ0) is 35.2. The Morgan fingerprint density at radius 3 is 2.48 bits per heavy atom. The Kier molecular flexibility index (Phi) is 8.98. The van der Waals surface area contributed by atoms with Gasteiger partial charge < -0.3 is 20.1 Å². The number of hydrogen-bond acceptors (Lipinski definition) is 7. The first-order valence-corrected chi connectivity index (χ1v) is 17.5. The monoisotopic (exact) mass is 680 g/mol. The number of hydrogen-bond donors (Lipinski definition) is 3. The van der Waals surface area contributed by atoms with Crippen molar-refractivity contribution in [2.24, 2.45) is 0 Å². The standard InChI is InChI=1S/C38H45FN8O3/c1-23-9-8-10-24(2)46(23)37-43-42-34-18-14-26(21-45(34)37)50-32-17-16-30(27-11-6-7-12-28(27)32)40-36(49)41-35-20-33(38(3,4)5)44-47(35)31-19-25(22-48)13-15-29(31)39/h6-7,11-15,18-21,23-24,30,32,48H,8-10,16-17,22H2,1-5H3,(H2,40,41,49)/t23-,24+,30-,32+/m0/s1. The molecule has 0 unspecified atom stereocenters. The maximum Gasteiger partial charge on any atom is 0.320 e. The first kappa shape index (κ1) is 33.5. The summed E-state index contributed by atoms with van der Waals surface area (Å²) in [7, 11) is 0. The second-order valence-electron chi connectivity index (χ2n) is 14.6. The van der Waals surface area contributed by atoms with Crippen LogP contribution in [0.3, 0.4) is 0 Å². The normalized spacial score (nSPS) is 20.8. The molecule has 4 heterocycles. The number of anilines is 2. The van der Waals surface area contributed by atoms with E-state index in [1.807, 2.05) is 67.8 Å². The van der Waals surface area contributed by atoms with Gasteiger partial charge >= 0.3 is 6.03 Å². The molecule has 262 valence electrons. The van der Waals surface area contributed by atoms with Crippen LogP contribution >= 0.6 is 0 Å². The number of pyridine rings is 1. The molecule has 1 saturated heterocycles. The minimum Gasteiger partial charge on any atom is -0.484 e. The van der Waals surface area contributed by atoms with Crippen LogP contribution in [0.5, 0.6) is 5.75 Å². The van der Waals surface area contributed by atoms with E-state index < -0.39 is 11.8 Å². The fraction of sp³-hybridized carbons (Fsp3) is 0.421. The molecule has 1 fully saturated rings. The quantitative estimate of drug-likeness (QED) is 0.164. The number of urea groups is 1. The van der Waals surface area contributed by atoms with Crippen molar-refractivity contribution in [2.75, 3.05) is 10.2 Å². The smallest absolute Gasteiger partial charge is 0.320 e. The van der Waals surface area contributed by atoms with Gasteiger partial charge in [0.1, 0.15) is 29.2 Å². The van der Waals surface area contributed by atoms with Crippen LogP contribution in [0.1, 0.15) is 101 Å². The zero-order valence-electron chi connectivity index (χ0n) is 29.2. The van der Waals surface area contributed by atoms with Crippen molar-refractivity contribution in [3.05, 3.63) is 95.1 Å². The van der Waals surface area contributed by atoms with Crippen LogP contribution in [0.2, 0.25) is 0 Å². The Morgan fingerprint density at radius 2 is 1.74 bits per heavy atom. The molecule has 2 amide bonds. The summed E-state index contributed by atoms with van der Waals surface area (Å²) in [5.41, 5.74) is 3.76. The van der Waals surface area contributed by atoms with Crippen LogP contribution < -0.4 is 20.3 Å². The lowest BCUT2D eigenvalue weighted by molar-refractivity contribution is 0.171. The first-order chi connectivity index (χ1) is 24.0. The molecule has 0 bridgehead atoms. The molecule has 50 heavy (non-hydrogen) atoms. The van der Waals surface area contributed by atoms with Crippen LogP contribution in [0, 0.1) is 5.82 Å². The molecule has 7 rings (SSSR count). The Labute approximate surface area is 291 Å². The number of aliphatic hydroxyl groups is 1. The Morgan fingerprint density at radius 1 is 0.980 bits per heavy atom. The summed E-state index contributed by atoms with van der Waals surface area (Å²) < 4.78 is 25.1. The number of carbonyl (C=O) groups excluding carboxylic acids is 1. The van der Waals surface area contributed by atoms with E-state index >= 15 is 4.39 Å². The van der Waals surface area contributed by atoms with Gasteiger partial charge in [0.15, 0.2) is 5.65 Å². The summed E-state index contributed by atoms with van der Waals surface area (Å²) in [4.78, 5) is 15.9. The number of amides is 2. The molecule has 1 aliphatic heterocycles. The summed E-state index contributed by atoms with van der Waals surface area (Å²) in [6.07, 6.45) is 6.56. The van der Waals surface area contributed by atoms with Gasteiger partial charge in [0.05, 0.1) is 24.5 Å². The van der Waals surface area contributed by atoms with E-state index in [4.69, 9.17) is 4.74 Å². The molecule has 0 radical (unpaired) electrons. The number of benzene rings is 2. The Bertz CT molecular complexity index is 2010. The summed E-state index contributed by atoms with van der Waals surface area (Å²) in [5, 5.41) is 29.4. The third-order valence-corrected chi connectivity index (χ3v) is 9.94. The second-order valence-corrected chi connectivity index (χ2v) is 14.6. The van der Waals surface area contributed by atoms with Crippen molar-refractivity contribution in [2.45, 2.75) is 103 Å². The van der Waals surface area contributed by atoms with Crippen LogP contribution in [0.15, 0.2) is 66.9 Å². The minimum absolute atomic E-state index is 0.141. The number of fused-ring (bicyclic) bond motifs is 2. The summed E-state index contributed by atoms with van der Waals surface area (Å²) in [6.45, 7) is 10.2. The van der Waals surface area contributed by atoms with Gasteiger partial charge in [-0.15, -0.1) is 10.2 Å². The van der Waals surface area contributed by atoms with Crippen LogP contribution in [-0.2, 0) is 12.0 Å². The lowest BCUT2D eigenvalue weighted by atomic mass is 9.85. The van der Waals surface area contributed by atoms with E-state index in [-0.39, 0.29) is 29.9 Å². The summed E-state index contributed by atoms with van der Waals surface area (Å²) in [5.74, 6) is 1.37. The van der Waals surface area contributed by atoms with Crippen molar-refractivity contribution in [3.63, 3.8) is 0 Å². The summed E-state index contributed by atoms with van der Waals surface area (Å²) >= 11 is 0.